The molecule has 3 fully saturated rings. The summed E-state index contributed by atoms with van der Waals surface area (Å²) in [6.45, 7) is 11.9. The molecule has 4 aliphatic heterocycles. The molecule has 8 rings (SSSR count). The van der Waals surface area contributed by atoms with Crippen molar-refractivity contribution in [3.05, 3.63) is 70.3 Å². The van der Waals surface area contributed by atoms with Crippen LogP contribution < -0.4 is 14.4 Å². The van der Waals surface area contributed by atoms with Crippen LogP contribution in [0.1, 0.15) is 81.9 Å². The first-order chi connectivity index (χ1) is 25.1. The summed E-state index contributed by atoms with van der Waals surface area (Å²) in [6.07, 6.45) is 14.7. The van der Waals surface area contributed by atoms with Crippen LogP contribution in [0, 0.1) is 17.8 Å². The summed E-state index contributed by atoms with van der Waals surface area (Å²) < 4.78 is 43.8. The molecule has 6 aliphatic rings. The average Bonchev–Trinajstić information content (AvgIpc) is 3.28. The van der Waals surface area contributed by atoms with E-state index in [9.17, 15) is 8.42 Å². The number of allylic oxidation sites excluding steroid dienone is 1. The number of ether oxygens (including phenoxy) is 2. The summed E-state index contributed by atoms with van der Waals surface area (Å²) in [5.41, 5.74) is 4.11. The van der Waals surface area contributed by atoms with Crippen molar-refractivity contribution in [2.45, 2.75) is 100 Å². The Morgan fingerprint density at radius 1 is 1.02 bits per heavy atom. The van der Waals surface area contributed by atoms with Gasteiger partial charge in [-0.05, 0) is 124 Å². The number of hydrogen-bond acceptors (Lipinski definition) is 7. The molecule has 4 heterocycles. The van der Waals surface area contributed by atoms with Gasteiger partial charge in [0.05, 0.1) is 17.5 Å². The number of anilines is 1. The minimum atomic E-state index is -3.55. The van der Waals surface area contributed by atoms with E-state index >= 15 is 0 Å². The van der Waals surface area contributed by atoms with E-state index in [4.69, 9.17) is 21.1 Å². The lowest BCUT2D eigenvalue weighted by atomic mass is 9.63. The predicted molar refractivity (Wildman–Crippen MR) is 210 cm³/mol. The van der Waals surface area contributed by atoms with E-state index in [-0.39, 0.29) is 17.9 Å². The lowest BCUT2D eigenvalue weighted by molar-refractivity contribution is -0.100. The van der Waals surface area contributed by atoms with E-state index in [1.165, 1.54) is 43.4 Å². The van der Waals surface area contributed by atoms with Crippen LogP contribution in [0.4, 0.5) is 5.69 Å². The van der Waals surface area contributed by atoms with Crippen molar-refractivity contribution in [3.8, 4) is 5.75 Å². The van der Waals surface area contributed by atoms with Gasteiger partial charge < -0.3 is 14.4 Å². The maximum absolute atomic E-state index is 13.6. The van der Waals surface area contributed by atoms with Gasteiger partial charge in [0.15, 0.2) is 0 Å². The van der Waals surface area contributed by atoms with Crippen LogP contribution >= 0.6 is 11.6 Å². The quantitative estimate of drug-likeness (QED) is 0.346. The summed E-state index contributed by atoms with van der Waals surface area (Å²) in [4.78, 5) is 7.98. The molecular formula is C42H59ClN4O4S. The van der Waals surface area contributed by atoms with Gasteiger partial charge in [0.2, 0.25) is 10.0 Å². The van der Waals surface area contributed by atoms with Crippen LogP contribution in [-0.2, 0) is 33.1 Å². The van der Waals surface area contributed by atoms with Gasteiger partial charge in [-0.3, -0.25) is 9.80 Å². The summed E-state index contributed by atoms with van der Waals surface area (Å²) in [5.74, 6) is 1.64. The van der Waals surface area contributed by atoms with E-state index in [1.54, 1.807) is 0 Å². The monoisotopic (exact) mass is 750 g/mol. The minimum Gasteiger partial charge on any atom is -0.490 e. The Labute approximate surface area is 317 Å². The lowest BCUT2D eigenvalue weighted by Gasteiger charge is -2.53. The van der Waals surface area contributed by atoms with Gasteiger partial charge in [0.1, 0.15) is 11.4 Å². The third kappa shape index (κ3) is 7.08. The molecule has 2 aliphatic carbocycles. The first-order valence-electron chi connectivity index (χ1n) is 20.1. The molecule has 1 spiro atoms. The average molecular weight is 751 g/mol. The maximum Gasteiger partial charge on any atom is 0.214 e. The number of sulfonamides is 1. The molecule has 284 valence electrons. The highest BCUT2D eigenvalue weighted by Gasteiger charge is 2.50. The number of halogens is 1. The first kappa shape index (κ1) is 36.8. The highest BCUT2D eigenvalue weighted by molar-refractivity contribution is 7.90. The number of methoxy groups -OCH3 is 1. The standard InChI is InChI=1S/C42H59ClN4O4S/c1-30-8-6-18-42(50-3,28-45-20-21-46-19-5-4-10-36(46)26-45)38-14-12-34(38)25-47-27-41(17-7-9-33-23-35(43)13-15-37(33)41)29-51-40-16-11-32(22-39(40)47)24-44-52(48,49)31(30)2/h6,11,13,15-16,18,22-23,30-31,34,36,38,44H,4-5,7-10,12,14,17,19-21,24-29H2,1-3H3/b18-6+/t30-,31+,34-,36+,38+,41-,42-/m0/s1. The van der Waals surface area contributed by atoms with Gasteiger partial charge in [-0.2, -0.15) is 0 Å². The zero-order valence-electron chi connectivity index (χ0n) is 31.5. The molecule has 2 aromatic rings. The second kappa shape index (κ2) is 14.8. The Morgan fingerprint density at radius 2 is 1.90 bits per heavy atom. The molecule has 1 saturated carbocycles. The molecular weight excluding hydrogens is 692 g/mol. The van der Waals surface area contributed by atoms with Gasteiger partial charge in [0, 0.05) is 69.4 Å². The Hall–Kier alpha value is -2.14. The van der Waals surface area contributed by atoms with Gasteiger partial charge in [-0.1, -0.05) is 49.2 Å². The number of piperidine rings is 1. The zero-order valence-corrected chi connectivity index (χ0v) is 33.1. The SMILES string of the molecule is CO[C@]1(CN2CCN3CCCC[C@@H]3C2)/C=C/C[C@H](C)[C@@H](C)S(=O)(=O)NCc2ccc3c(c2)N(C[C@@H]2CC[C@H]21)C[C@@]1(CCCc2cc(Cl)ccc21)CO3. The molecule has 2 aromatic carbocycles. The Balaban J connectivity index is 1.17. The van der Waals surface area contributed by atoms with E-state index in [0.717, 1.165) is 87.0 Å². The second-order valence-corrected chi connectivity index (χ2v) is 19.7. The van der Waals surface area contributed by atoms with Crippen molar-refractivity contribution in [1.82, 2.24) is 14.5 Å². The number of benzene rings is 2. The highest BCUT2D eigenvalue weighted by Crippen LogP contribution is 2.49. The van der Waals surface area contributed by atoms with Crippen molar-refractivity contribution in [2.24, 2.45) is 17.8 Å². The van der Waals surface area contributed by atoms with Crippen LogP contribution in [0.25, 0.3) is 0 Å². The summed E-state index contributed by atoms with van der Waals surface area (Å²) in [7, 11) is -1.64. The lowest BCUT2D eigenvalue weighted by Crippen LogP contribution is -2.61. The number of piperazine rings is 1. The fourth-order valence-corrected chi connectivity index (χ4v) is 12.1. The molecule has 0 amide bonds. The van der Waals surface area contributed by atoms with Crippen LogP contribution in [-0.4, -0.2) is 94.6 Å². The molecule has 0 aromatic heterocycles. The number of fused-ring (bicyclic) bond motifs is 5. The van der Waals surface area contributed by atoms with Gasteiger partial charge in [-0.25, -0.2) is 13.1 Å². The van der Waals surface area contributed by atoms with E-state index < -0.39 is 20.9 Å². The van der Waals surface area contributed by atoms with E-state index in [1.807, 2.05) is 26.2 Å². The van der Waals surface area contributed by atoms with Crippen molar-refractivity contribution in [2.75, 3.05) is 64.4 Å². The Kier molecular flexibility index (Phi) is 10.5. The largest absolute Gasteiger partial charge is 0.490 e. The molecule has 10 heteroatoms. The molecule has 0 radical (unpaired) electrons. The third-order valence-electron chi connectivity index (χ3n) is 14.0. The second-order valence-electron chi connectivity index (χ2n) is 17.1. The number of nitrogens with one attached hydrogen (secondary N) is 1. The molecule has 0 unspecified atom stereocenters. The molecule has 7 atom stereocenters. The van der Waals surface area contributed by atoms with Crippen molar-refractivity contribution in [3.63, 3.8) is 0 Å². The molecule has 2 saturated heterocycles. The smallest absolute Gasteiger partial charge is 0.214 e. The summed E-state index contributed by atoms with van der Waals surface area (Å²) in [6, 6.07) is 13.4. The fourth-order valence-electron chi connectivity index (χ4n) is 10.6. The van der Waals surface area contributed by atoms with Gasteiger partial charge >= 0.3 is 0 Å². The van der Waals surface area contributed by atoms with Crippen LogP contribution in [0.2, 0.25) is 5.02 Å². The number of hydrogen-bond donors (Lipinski definition) is 1. The molecule has 52 heavy (non-hydrogen) atoms. The first-order valence-corrected chi connectivity index (χ1v) is 22.0. The Bertz CT molecular complexity index is 1750. The summed E-state index contributed by atoms with van der Waals surface area (Å²) >= 11 is 6.53. The maximum atomic E-state index is 13.6. The topological polar surface area (TPSA) is 74.4 Å². The van der Waals surface area contributed by atoms with Crippen molar-refractivity contribution in [1.29, 1.82) is 0 Å². The van der Waals surface area contributed by atoms with Gasteiger partial charge in [0.25, 0.3) is 0 Å². The summed E-state index contributed by atoms with van der Waals surface area (Å²) in [5, 5.41) is 0.263. The van der Waals surface area contributed by atoms with Crippen LogP contribution in [0.5, 0.6) is 5.75 Å². The van der Waals surface area contributed by atoms with Crippen LogP contribution in [0.3, 0.4) is 0 Å². The molecule has 2 bridgehead atoms. The van der Waals surface area contributed by atoms with Crippen molar-refractivity contribution < 1.29 is 17.9 Å². The number of rotatable bonds is 3. The highest BCUT2D eigenvalue weighted by atomic mass is 35.5. The molecule has 8 nitrogen and oxygen atoms in total. The number of nitrogens with zero attached hydrogens (tertiary/aromatic N) is 3. The molecule has 1 N–H and O–H groups in total. The van der Waals surface area contributed by atoms with Crippen molar-refractivity contribution >= 4 is 27.3 Å². The predicted octanol–water partition coefficient (Wildman–Crippen LogP) is 6.80. The minimum absolute atomic E-state index is 0.0421. The van der Waals surface area contributed by atoms with E-state index in [2.05, 4.69) is 62.8 Å². The fraction of sp³-hybridized carbons (Fsp3) is 0.667. The van der Waals surface area contributed by atoms with Crippen LogP contribution in [0.15, 0.2) is 48.6 Å². The van der Waals surface area contributed by atoms with Gasteiger partial charge in [-0.15, -0.1) is 0 Å². The number of aryl methyl sites for hydroxylation is 1. The Morgan fingerprint density at radius 3 is 2.73 bits per heavy atom. The third-order valence-corrected chi connectivity index (χ3v) is 16.3. The van der Waals surface area contributed by atoms with E-state index in [0.29, 0.717) is 30.9 Å². The zero-order chi connectivity index (χ0) is 36.1. The normalized spacial score (nSPS) is 36.0.